The van der Waals surface area contributed by atoms with E-state index in [4.69, 9.17) is 13.9 Å². The highest BCUT2D eigenvalue weighted by molar-refractivity contribution is 5.97. The van der Waals surface area contributed by atoms with Crippen molar-refractivity contribution in [2.24, 2.45) is 0 Å². The molecule has 118 valence electrons. The van der Waals surface area contributed by atoms with Gasteiger partial charge >= 0.3 is 11.9 Å². The first kappa shape index (κ1) is 15.9. The van der Waals surface area contributed by atoms with Gasteiger partial charge in [-0.2, -0.15) is 0 Å². The van der Waals surface area contributed by atoms with Gasteiger partial charge in [0.05, 0.1) is 13.7 Å². The molecule has 0 aliphatic rings. The lowest BCUT2D eigenvalue weighted by atomic mass is 10.1. The van der Waals surface area contributed by atoms with Crippen molar-refractivity contribution >= 4 is 22.9 Å². The second-order valence-electron chi connectivity index (χ2n) is 4.72. The van der Waals surface area contributed by atoms with Crippen LogP contribution >= 0.6 is 0 Å². The second-order valence-corrected chi connectivity index (χ2v) is 4.72. The number of furan rings is 1. The molecule has 1 aromatic carbocycles. The third-order valence-electron chi connectivity index (χ3n) is 3.22. The summed E-state index contributed by atoms with van der Waals surface area (Å²) >= 11 is 0. The standard InChI is InChI=1S/C16H18O6/c1-5-20-11-6-7-13-12(8-11)9(2)14(22-13)16(18)21-10(3)15(17)19-4/h6-8,10H,5H2,1-4H3. The summed E-state index contributed by atoms with van der Waals surface area (Å²) in [5.41, 5.74) is 1.19. The topological polar surface area (TPSA) is 75.0 Å². The van der Waals surface area contributed by atoms with E-state index < -0.39 is 18.0 Å². The van der Waals surface area contributed by atoms with Gasteiger partial charge in [-0.25, -0.2) is 9.59 Å². The molecule has 22 heavy (non-hydrogen) atoms. The highest BCUT2D eigenvalue weighted by Gasteiger charge is 2.24. The average Bonchev–Trinajstić information content (AvgIpc) is 2.83. The van der Waals surface area contributed by atoms with Crippen LogP contribution in [0.4, 0.5) is 0 Å². The molecule has 0 saturated heterocycles. The SMILES string of the molecule is CCOc1ccc2oc(C(=O)OC(C)C(=O)OC)c(C)c2c1. The molecule has 0 fully saturated rings. The maximum absolute atomic E-state index is 12.1. The minimum atomic E-state index is -0.996. The lowest BCUT2D eigenvalue weighted by Crippen LogP contribution is -2.25. The molecular formula is C16H18O6. The van der Waals surface area contributed by atoms with Crippen LogP contribution < -0.4 is 4.74 Å². The van der Waals surface area contributed by atoms with Crippen molar-refractivity contribution in [1.29, 1.82) is 0 Å². The van der Waals surface area contributed by atoms with E-state index in [-0.39, 0.29) is 5.76 Å². The molecule has 2 aromatic rings. The van der Waals surface area contributed by atoms with Crippen molar-refractivity contribution in [2.75, 3.05) is 13.7 Å². The minimum absolute atomic E-state index is 0.0689. The Kier molecular flexibility index (Phi) is 4.70. The molecule has 0 bridgehead atoms. The largest absolute Gasteiger partial charge is 0.494 e. The summed E-state index contributed by atoms with van der Waals surface area (Å²) in [7, 11) is 1.23. The van der Waals surface area contributed by atoms with Crippen LogP contribution in [0, 0.1) is 6.92 Å². The van der Waals surface area contributed by atoms with Crippen LogP contribution in [0.15, 0.2) is 22.6 Å². The first-order valence-corrected chi connectivity index (χ1v) is 6.92. The predicted octanol–water partition coefficient (Wildman–Crippen LogP) is 2.86. The molecule has 2 rings (SSSR count). The Morgan fingerprint density at radius 2 is 2.05 bits per heavy atom. The molecule has 0 N–H and O–H groups in total. The zero-order chi connectivity index (χ0) is 16.3. The van der Waals surface area contributed by atoms with Crippen LogP contribution in [-0.4, -0.2) is 31.8 Å². The fourth-order valence-corrected chi connectivity index (χ4v) is 2.08. The number of carbonyl (C=O) groups excluding carboxylic acids is 2. The molecule has 6 heteroatoms. The first-order valence-electron chi connectivity index (χ1n) is 6.92. The first-order chi connectivity index (χ1) is 10.5. The average molecular weight is 306 g/mol. The summed E-state index contributed by atoms with van der Waals surface area (Å²) in [6, 6.07) is 5.30. The van der Waals surface area contributed by atoms with Gasteiger partial charge in [-0.05, 0) is 39.0 Å². The maximum Gasteiger partial charge on any atom is 0.375 e. The van der Waals surface area contributed by atoms with E-state index in [1.54, 1.807) is 25.1 Å². The Balaban J connectivity index is 2.29. The smallest absolute Gasteiger partial charge is 0.375 e. The molecule has 0 aliphatic carbocycles. The maximum atomic E-state index is 12.1. The van der Waals surface area contributed by atoms with E-state index in [0.717, 1.165) is 5.39 Å². The number of hydrogen-bond donors (Lipinski definition) is 0. The number of aryl methyl sites for hydroxylation is 1. The van der Waals surface area contributed by atoms with Crippen LogP contribution in [0.3, 0.4) is 0 Å². The number of benzene rings is 1. The number of fused-ring (bicyclic) bond motifs is 1. The van der Waals surface area contributed by atoms with Crippen molar-refractivity contribution in [3.8, 4) is 5.75 Å². The number of carbonyl (C=O) groups is 2. The molecule has 1 heterocycles. The normalized spacial score (nSPS) is 12.0. The third-order valence-corrected chi connectivity index (χ3v) is 3.22. The quantitative estimate of drug-likeness (QED) is 0.791. The molecule has 6 nitrogen and oxygen atoms in total. The van der Waals surface area contributed by atoms with Gasteiger partial charge in [0, 0.05) is 10.9 Å². The van der Waals surface area contributed by atoms with Crippen LogP contribution in [-0.2, 0) is 14.3 Å². The molecule has 1 atom stereocenters. The Labute approximate surface area is 127 Å². The van der Waals surface area contributed by atoms with E-state index in [1.165, 1.54) is 14.0 Å². The summed E-state index contributed by atoms with van der Waals surface area (Å²) in [6.07, 6.45) is -0.996. The molecule has 1 aromatic heterocycles. The van der Waals surface area contributed by atoms with Crippen LogP contribution in [0.1, 0.15) is 30.0 Å². The Morgan fingerprint density at radius 1 is 1.32 bits per heavy atom. The fourth-order valence-electron chi connectivity index (χ4n) is 2.08. The highest BCUT2D eigenvalue weighted by Crippen LogP contribution is 2.29. The van der Waals surface area contributed by atoms with Crippen molar-refractivity contribution < 1.29 is 28.2 Å². The Hall–Kier alpha value is -2.50. The van der Waals surface area contributed by atoms with Gasteiger partial charge in [0.1, 0.15) is 11.3 Å². The van der Waals surface area contributed by atoms with Crippen molar-refractivity contribution in [2.45, 2.75) is 26.9 Å². The van der Waals surface area contributed by atoms with Crippen molar-refractivity contribution in [3.63, 3.8) is 0 Å². The summed E-state index contributed by atoms with van der Waals surface area (Å²) in [5, 5.41) is 0.767. The molecule has 0 radical (unpaired) electrons. The summed E-state index contributed by atoms with van der Waals surface area (Å²) in [5.74, 6) is -0.563. The Bertz CT molecular complexity index is 700. The zero-order valence-corrected chi connectivity index (χ0v) is 13.0. The zero-order valence-electron chi connectivity index (χ0n) is 13.0. The number of rotatable bonds is 5. The summed E-state index contributed by atoms with van der Waals surface area (Å²) in [4.78, 5) is 23.4. The molecule has 0 spiro atoms. The van der Waals surface area contributed by atoms with Gasteiger partial charge in [0.15, 0.2) is 6.10 Å². The van der Waals surface area contributed by atoms with Gasteiger partial charge in [-0.3, -0.25) is 0 Å². The van der Waals surface area contributed by atoms with Crippen LogP contribution in [0.25, 0.3) is 11.0 Å². The van der Waals surface area contributed by atoms with Gasteiger partial charge in [0.25, 0.3) is 0 Å². The number of esters is 2. The van der Waals surface area contributed by atoms with E-state index in [2.05, 4.69) is 4.74 Å². The van der Waals surface area contributed by atoms with E-state index in [0.29, 0.717) is 23.5 Å². The summed E-state index contributed by atoms with van der Waals surface area (Å²) < 4.78 is 20.5. The predicted molar refractivity (Wildman–Crippen MR) is 79.0 cm³/mol. The minimum Gasteiger partial charge on any atom is -0.494 e. The van der Waals surface area contributed by atoms with E-state index in [9.17, 15) is 9.59 Å². The van der Waals surface area contributed by atoms with Gasteiger partial charge in [-0.15, -0.1) is 0 Å². The lowest BCUT2D eigenvalue weighted by molar-refractivity contribution is -0.149. The number of hydrogen-bond acceptors (Lipinski definition) is 6. The molecule has 0 amide bonds. The second kappa shape index (κ2) is 6.51. The van der Waals surface area contributed by atoms with E-state index >= 15 is 0 Å². The Morgan fingerprint density at radius 3 is 2.68 bits per heavy atom. The van der Waals surface area contributed by atoms with Gasteiger partial charge in [0.2, 0.25) is 5.76 Å². The van der Waals surface area contributed by atoms with Crippen molar-refractivity contribution in [3.05, 3.63) is 29.5 Å². The third kappa shape index (κ3) is 3.05. The highest BCUT2D eigenvalue weighted by atomic mass is 16.6. The van der Waals surface area contributed by atoms with Crippen LogP contribution in [0.5, 0.6) is 5.75 Å². The molecule has 0 saturated carbocycles. The monoisotopic (exact) mass is 306 g/mol. The number of ether oxygens (including phenoxy) is 3. The molecular weight excluding hydrogens is 288 g/mol. The summed E-state index contributed by atoms with van der Waals surface area (Å²) in [6.45, 7) is 5.63. The van der Waals surface area contributed by atoms with Gasteiger partial charge in [-0.1, -0.05) is 0 Å². The van der Waals surface area contributed by atoms with Gasteiger partial charge < -0.3 is 18.6 Å². The fraction of sp³-hybridized carbons (Fsp3) is 0.375. The van der Waals surface area contributed by atoms with Crippen molar-refractivity contribution in [1.82, 2.24) is 0 Å². The molecule has 1 unspecified atom stereocenters. The molecule has 0 aliphatic heterocycles. The van der Waals surface area contributed by atoms with E-state index in [1.807, 2.05) is 6.92 Å². The lowest BCUT2D eigenvalue weighted by Gasteiger charge is -2.09. The number of methoxy groups -OCH3 is 1. The van der Waals surface area contributed by atoms with Crippen LogP contribution in [0.2, 0.25) is 0 Å².